The Hall–Kier alpha value is -0.870. The summed E-state index contributed by atoms with van der Waals surface area (Å²) >= 11 is 3.38. The summed E-state index contributed by atoms with van der Waals surface area (Å²) in [5.74, 6) is 0.149. The summed E-state index contributed by atoms with van der Waals surface area (Å²) in [7, 11) is 0. The standard InChI is InChI=1S/C14H18BrNO2/c15-13-9-10(16)4-6-12(13)14(17)7-5-11-3-1-2-8-18-11/h4,6,9,11H,1-3,5,7-8,16H2. The number of benzene rings is 1. The van der Waals surface area contributed by atoms with Gasteiger partial charge in [0, 0.05) is 28.8 Å². The molecule has 18 heavy (non-hydrogen) atoms. The first-order chi connectivity index (χ1) is 8.66. The molecule has 1 atom stereocenters. The highest BCUT2D eigenvalue weighted by Gasteiger charge is 2.17. The van der Waals surface area contributed by atoms with Gasteiger partial charge in [-0.3, -0.25) is 4.79 Å². The van der Waals surface area contributed by atoms with Crippen molar-refractivity contribution < 1.29 is 9.53 Å². The van der Waals surface area contributed by atoms with Gasteiger partial charge in [-0.2, -0.15) is 0 Å². The average molecular weight is 312 g/mol. The second-order valence-electron chi connectivity index (χ2n) is 4.69. The van der Waals surface area contributed by atoms with Crippen LogP contribution in [0.1, 0.15) is 42.5 Å². The molecule has 2 N–H and O–H groups in total. The van der Waals surface area contributed by atoms with Crippen LogP contribution < -0.4 is 5.73 Å². The van der Waals surface area contributed by atoms with Gasteiger partial charge in [-0.1, -0.05) is 0 Å². The average Bonchev–Trinajstić information content (AvgIpc) is 2.37. The highest BCUT2D eigenvalue weighted by Crippen LogP contribution is 2.23. The molecule has 0 aliphatic carbocycles. The topological polar surface area (TPSA) is 52.3 Å². The number of nitrogen functional groups attached to an aromatic ring is 1. The molecule has 0 bridgehead atoms. The van der Waals surface area contributed by atoms with Crippen LogP contribution in [0.15, 0.2) is 22.7 Å². The summed E-state index contributed by atoms with van der Waals surface area (Å²) in [4.78, 5) is 12.1. The zero-order chi connectivity index (χ0) is 13.0. The van der Waals surface area contributed by atoms with Crippen molar-refractivity contribution in [2.75, 3.05) is 12.3 Å². The van der Waals surface area contributed by atoms with Gasteiger partial charge in [-0.25, -0.2) is 0 Å². The van der Waals surface area contributed by atoms with Gasteiger partial charge in [0.15, 0.2) is 5.78 Å². The molecule has 0 amide bonds. The Bertz CT molecular complexity index is 428. The number of ketones is 1. The van der Waals surface area contributed by atoms with E-state index in [2.05, 4.69) is 15.9 Å². The first-order valence-corrected chi connectivity index (χ1v) is 7.16. The van der Waals surface area contributed by atoms with Crippen molar-refractivity contribution in [1.82, 2.24) is 0 Å². The Kier molecular flexibility index (Phi) is 4.78. The summed E-state index contributed by atoms with van der Waals surface area (Å²) in [6.45, 7) is 0.838. The minimum absolute atomic E-state index is 0.149. The van der Waals surface area contributed by atoms with Crippen LogP contribution in [0.2, 0.25) is 0 Å². The Morgan fingerprint density at radius 2 is 2.28 bits per heavy atom. The number of carbonyl (C=O) groups excluding carboxylic acids is 1. The van der Waals surface area contributed by atoms with Gasteiger partial charge in [0.25, 0.3) is 0 Å². The normalized spacial score (nSPS) is 19.7. The van der Waals surface area contributed by atoms with E-state index in [-0.39, 0.29) is 11.9 Å². The minimum atomic E-state index is 0.149. The van der Waals surface area contributed by atoms with E-state index in [1.54, 1.807) is 18.2 Å². The van der Waals surface area contributed by atoms with Gasteiger partial charge in [0.1, 0.15) is 0 Å². The number of anilines is 1. The molecule has 1 saturated heterocycles. The zero-order valence-corrected chi connectivity index (χ0v) is 11.9. The van der Waals surface area contributed by atoms with Crippen molar-refractivity contribution in [2.45, 2.75) is 38.2 Å². The van der Waals surface area contributed by atoms with E-state index in [0.29, 0.717) is 17.7 Å². The van der Waals surface area contributed by atoms with Crippen LogP contribution >= 0.6 is 15.9 Å². The summed E-state index contributed by atoms with van der Waals surface area (Å²) < 4.78 is 6.40. The lowest BCUT2D eigenvalue weighted by Gasteiger charge is -2.22. The van der Waals surface area contributed by atoms with Crippen molar-refractivity contribution in [3.05, 3.63) is 28.2 Å². The zero-order valence-electron chi connectivity index (χ0n) is 10.3. The van der Waals surface area contributed by atoms with E-state index in [9.17, 15) is 4.79 Å². The maximum atomic E-state index is 12.1. The van der Waals surface area contributed by atoms with Crippen molar-refractivity contribution >= 4 is 27.4 Å². The molecule has 1 aromatic carbocycles. The molecule has 0 spiro atoms. The number of ether oxygens (including phenoxy) is 1. The number of halogens is 1. The van der Waals surface area contributed by atoms with Gasteiger partial charge in [0.05, 0.1) is 6.10 Å². The van der Waals surface area contributed by atoms with Crippen LogP contribution in [0.25, 0.3) is 0 Å². The molecular formula is C14H18BrNO2. The Morgan fingerprint density at radius 1 is 1.44 bits per heavy atom. The predicted octanol–water partition coefficient (Wildman–Crippen LogP) is 3.56. The van der Waals surface area contributed by atoms with Crippen molar-refractivity contribution in [3.63, 3.8) is 0 Å². The highest BCUT2D eigenvalue weighted by atomic mass is 79.9. The van der Waals surface area contributed by atoms with Gasteiger partial charge >= 0.3 is 0 Å². The lowest BCUT2D eigenvalue weighted by molar-refractivity contribution is 0.0104. The van der Waals surface area contributed by atoms with Crippen molar-refractivity contribution in [2.24, 2.45) is 0 Å². The molecule has 1 fully saturated rings. The van der Waals surface area contributed by atoms with Gasteiger partial charge < -0.3 is 10.5 Å². The molecule has 1 unspecified atom stereocenters. The molecule has 0 aromatic heterocycles. The van der Waals surface area contributed by atoms with Crippen molar-refractivity contribution in [1.29, 1.82) is 0 Å². The number of hydrogen-bond acceptors (Lipinski definition) is 3. The van der Waals surface area contributed by atoms with E-state index in [0.717, 1.165) is 30.3 Å². The Labute approximate surface area is 116 Å². The fourth-order valence-electron chi connectivity index (χ4n) is 2.22. The van der Waals surface area contributed by atoms with Gasteiger partial charge in [-0.15, -0.1) is 0 Å². The maximum Gasteiger partial charge on any atom is 0.164 e. The van der Waals surface area contributed by atoms with Crippen LogP contribution in [0.5, 0.6) is 0 Å². The third-order valence-electron chi connectivity index (χ3n) is 3.26. The molecule has 1 aliphatic heterocycles. The molecule has 0 saturated carbocycles. The van der Waals surface area contributed by atoms with E-state index < -0.39 is 0 Å². The lowest BCUT2D eigenvalue weighted by Crippen LogP contribution is -2.20. The second kappa shape index (κ2) is 6.34. The molecule has 4 heteroatoms. The molecule has 3 nitrogen and oxygen atoms in total. The fraction of sp³-hybridized carbons (Fsp3) is 0.500. The highest BCUT2D eigenvalue weighted by molar-refractivity contribution is 9.10. The van der Waals surface area contributed by atoms with Gasteiger partial charge in [-0.05, 0) is 59.8 Å². The molecule has 2 rings (SSSR count). The lowest BCUT2D eigenvalue weighted by atomic mass is 10.0. The SMILES string of the molecule is Nc1ccc(C(=O)CCC2CCCCO2)c(Br)c1. The van der Waals surface area contributed by atoms with E-state index in [4.69, 9.17) is 10.5 Å². The molecule has 0 radical (unpaired) electrons. The molecule has 1 aliphatic rings. The number of hydrogen-bond donors (Lipinski definition) is 1. The largest absolute Gasteiger partial charge is 0.399 e. The molecular weight excluding hydrogens is 294 g/mol. The van der Waals surface area contributed by atoms with E-state index in [1.807, 2.05) is 0 Å². The van der Waals surface area contributed by atoms with Crippen molar-refractivity contribution in [3.8, 4) is 0 Å². The maximum absolute atomic E-state index is 12.1. The molecule has 98 valence electrons. The monoisotopic (exact) mass is 311 g/mol. The second-order valence-corrected chi connectivity index (χ2v) is 5.54. The number of rotatable bonds is 4. The summed E-state index contributed by atoms with van der Waals surface area (Å²) in [6, 6.07) is 5.31. The van der Waals surface area contributed by atoms with Gasteiger partial charge in [0.2, 0.25) is 0 Å². The van der Waals surface area contributed by atoms with E-state index >= 15 is 0 Å². The van der Waals surface area contributed by atoms with Crippen LogP contribution in [0.3, 0.4) is 0 Å². The molecule has 1 heterocycles. The Morgan fingerprint density at radius 3 is 2.94 bits per heavy atom. The molecule has 1 aromatic rings. The third-order valence-corrected chi connectivity index (χ3v) is 3.92. The predicted molar refractivity (Wildman–Crippen MR) is 75.7 cm³/mol. The minimum Gasteiger partial charge on any atom is -0.399 e. The van der Waals surface area contributed by atoms with Crippen LogP contribution in [0, 0.1) is 0 Å². The van der Waals surface area contributed by atoms with E-state index in [1.165, 1.54) is 6.42 Å². The summed E-state index contributed by atoms with van der Waals surface area (Å²) in [5, 5.41) is 0. The van der Waals surface area contributed by atoms with Crippen LogP contribution in [-0.2, 0) is 4.74 Å². The first-order valence-electron chi connectivity index (χ1n) is 6.36. The third kappa shape index (κ3) is 3.56. The quantitative estimate of drug-likeness (QED) is 0.683. The fourth-order valence-corrected chi connectivity index (χ4v) is 2.84. The number of Topliss-reactive ketones (excluding diaryl/α,β-unsaturated/α-hetero) is 1. The number of nitrogens with two attached hydrogens (primary N) is 1. The number of carbonyl (C=O) groups is 1. The summed E-state index contributed by atoms with van der Waals surface area (Å²) in [5.41, 5.74) is 7.03. The smallest absolute Gasteiger partial charge is 0.164 e. The van der Waals surface area contributed by atoms with Crippen LogP contribution in [-0.4, -0.2) is 18.5 Å². The van der Waals surface area contributed by atoms with Crippen LogP contribution in [0.4, 0.5) is 5.69 Å². The first kappa shape index (κ1) is 13.6. The Balaban J connectivity index is 1.90. The summed E-state index contributed by atoms with van der Waals surface area (Å²) in [6.07, 6.45) is 5.05.